The number of carbonyl (C=O) groups excluding carboxylic acids is 1. The van der Waals surface area contributed by atoms with Crippen molar-refractivity contribution >= 4 is 11.6 Å². The van der Waals surface area contributed by atoms with E-state index in [2.05, 4.69) is 11.1 Å². The molecule has 28 heavy (non-hydrogen) atoms. The number of aliphatic hydroxyl groups is 1. The molecule has 6 heteroatoms. The highest BCUT2D eigenvalue weighted by Crippen LogP contribution is 2.36. The van der Waals surface area contributed by atoms with Crippen molar-refractivity contribution in [2.24, 2.45) is 0 Å². The topological polar surface area (TPSA) is 67.1 Å². The summed E-state index contributed by atoms with van der Waals surface area (Å²) in [6.45, 7) is 3.90. The number of hydrogen-bond acceptors (Lipinski definition) is 4. The summed E-state index contributed by atoms with van der Waals surface area (Å²) in [4.78, 5) is 18.8. The first-order valence-corrected chi connectivity index (χ1v) is 9.50. The van der Waals surface area contributed by atoms with E-state index >= 15 is 0 Å². The fourth-order valence-corrected chi connectivity index (χ4v) is 3.78. The molecule has 1 aromatic carbocycles. The third-order valence-electron chi connectivity index (χ3n) is 5.49. The first-order valence-electron chi connectivity index (χ1n) is 9.50. The zero-order valence-corrected chi connectivity index (χ0v) is 16.6. The number of carbonyl (C=O) groups is 1. The van der Waals surface area contributed by atoms with Crippen molar-refractivity contribution in [1.82, 2.24) is 14.3 Å². The van der Waals surface area contributed by atoms with Crippen molar-refractivity contribution in [3.63, 3.8) is 0 Å². The van der Waals surface area contributed by atoms with Crippen LogP contribution in [0.4, 0.5) is 0 Å². The van der Waals surface area contributed by atoms with Gasteiger partial charge in [0, 0.05) is 26.0 Å². The van der Waals surface area contributed by atoms with Crippen molar-refractivity contribution in [1.29, 1.82) is 0 Å². The summed E-state index contributed by atoms with van der Waals surface area (Å²) in [7, 11) is 3.44. The maximum absolute atomic E-state index is 12.6. The molecule has 0 aliphatic heterocycles. The van der Waals surface area contributed by atoms with Gasteiger partial charge in [0.25, 0.3) is 5.91 Å². The van der Waals surface area contributed by atoms with E-state index in [1.807, 2.05) is 36.4 Å². The average Bonchev–Trinajstić information content (AvgIpc) is 2.97. The van der Waals surface area contributed by atoms with Crippen molar-refractivity contribution < 1.29 is 14.6 Å². The Morgan fingerprint density at radius 2 is 2.04 bits per heavy atom. The number of ether oxygens (including phenoxy) is 1. The number of imidazole rings is 1. The molecule has 4 rings (SSSR count). The van der Waals surface area contributed by atoms with Crippen LogP contribution in [0.25, 0.3) is 5.65 Å². The van der Waals surface area contributed by atoms with Gasteiger partial charge in [0.2, 0.25) is 0 Å². The molecule has 2 aromatic heterocycles. The second kappa shape index (κ2) is 6.95. The predicted octanol–water partition coefficient (Wildman–Crippen LogP) is 3.08. The zero-order valence-electron chi connectivity index (χ0n) is 16.6. The van der Waals surface area contributed by atoms with E-state index in [1.165, 1.54) is 10.5 Å². The molecule has 0 spiro atoms. The van der Waals surface area contributed by atoms with Gasteiger partial charge in [-0.3, -0.25) is 4.79 Å². The smallest absolute Gasteiger partial charge is 0.254 e. The second-order valence-electron chi connectivity index (χ2n) is 7.61. The SMILES string of the molecule is Cc1nc2c(O[C@@H]3c4ccccc4CC[C@H]3O)cc(C(=O)N(C)C)cn2c1C. The maximum atomic E-state index is 12.6. The fourth-order valence-electron chi connectivity index (χ4n) is 3.78. The van der Waals surface area contributed by atoms with Crippen LogP contribution in [0.15, 0.2) is 36.5 Å². The van der Waals surface area contributed by atoms with Crippen LogP contribution < -0.4 is 4.74 Å². The minimum absolute atomic E-state index is 0.109. The first-order chi connectivity index (χ1) is 13.4. The zero-order chi connectivity index (χ0) is 20.0. The molecule has 2 heterocycles. The first kappa shape index (κ1) is 18.5. The predicted molar refractivity (Wildman–Crippen MR) is 107 cm³/mol. The molecule has 1 aliphatic carbocycles. The van der Waals surface area contributed by atoms with Gasteiger partial charge in [0.15, 0.2) is 11.4 Å². The monoisotopic (exact) mass is 379 g/mol. The van der Waals surface area contributed by atoms with Crippen LogP contribution in [-0.4, -0.2) is 45.5 Å². The molecule has 0 radical (unpaired) electrons. The quantitative estimate of drug-likeness (QED) is 0.759. The molecular formula is C22H25N3O3. The number of hydrogen-bond donors (Lipinski definition) is 1. The molecule has 146 valence electrons. The van der Waals surface area contributed by atoms with Gasteiger partial charge in [0.1, 0.15) is 6.10 Å². The lowest BCUT2D eigenvalue weighted by molar-refractivity contribution is 0.0233. The summed E-state index contributed by atoms with van der Waals surface area (Å²) < 4.78 is 8.23. The van der Waals surface area contributed by atoms with Gasteiger partial charge in [-0.15, -0.1) is 0 Å². The summed E-state index contributed by atoms with van der Waals surface area (Å²) in [6, 6.07) is 9.76. The van der Waals surface area contributed by atoms with E-state index in [1.54, 1.807) is 26.4 Å². The van der Waals surface area contributed by atoms with Crippen LogP contribution in [-0.2, 0) is 6.42 Å². The minimum atomic E-state index is -0.611. The minimum Gasteiger partial charge on any atom is -0.479 e. The summed E-state index contributed by atoms with van der Waals surface area (Å²) in [5.41, 5.74) is 5.18. The third-order valence-corrected chi connectivity index (χ3v) is 5.49. The molecule has 2 atom stereocenters. The average molecular weight is 379 g/mol. The van der Waals surface area contributed by atoms with Crippen LogP contribution in [0.3, 0.4) is 0 Å². The molecular weight excluding hydrogens is 354 g/mol. The van der Waals surface area contributed by atoms with Crippen molar-refractivity contribution in [3.8, 4) is 5.75 Å². The molecule has 1 amide bonds. The van der Waals surface area contributed by atoms with Gasteiger partial charge < -0.3 is 19.1 Å². The molecule has 0 bridgehead atoms. The number of benzene rings is 1. The van der Waals surface area contributed by atoms with Gasteiger partial charge in [-0.2, -0.15) is 0 Å². The molecule has 3 aromatic rings. The molecule has 6 nitrogen and oxygen atoms in total. The van der Waals surface area contributed by atoms with Crippen LogP contribution in [0.1, 0.15) is 45.4 Å². The van der Waals surface area contributed by atoms with Crippen molar-refractivity contribution in [2.75, 3.05) is 14.1 Å². The third kappa shape index (κ3) is 3.03. The fraction of sp³-hybridized carbons (Fsp3) is 0.364. The lowest BCUT2D eigenvalue weighted by atomic mass is 9.87. The van der Waals surface area contributed by atoms with Gasteiger partial charge >= 0.3 is 0 Å². The Kier molecular flexibility index (Phi) is 4.59. The van der Waals surface area contributed by atoms with Gasteiger partial charge in [-0.25, -0.2) is 4.98 Å². The summed E-state index contributed by atoms with van der Waals surface area (Å²) >= 11 is 0. The normalized spacial score (nSPS) is 18.8. The standard InChI is InChI=1S/C22H25N3O3/c1-13-14(2)25-12-16(22(27)24(3)4)11-19(21(25)23-13)28-20-17-8-6-5-7-15(17)9-10-18(20)26/h5-8,11-12,18,20,26H,9-10H2,1-4H3/t18-,20-/m1/s1. The van der Waals surface area contributed by atoms with E-state index in [0.717, 1.165) is 23.4 Å². The summed E-state index contributed by atoms with van der Waals surface area (Å²) in [5.74, 6) is 0.395. The number of fused-ring (bicyclic) bond motifs is 2. The Morgan fingerprint density at radius 1 is 1.29 bits per heavy atom. The Bertz CT molecular complexity index is 1050. The van der Waals surface area contributed by atoms with Gasteiger partial charge in [0.05, 0.1) is 17.4 Å². The maximum Gasteiger partial charge on any atom is 0.254 e. The lowest BCUT2D eigenvalue weighted by Crippen LogP contribution is -2.29. The number of pyridine rings is 1. The number of rotatable bonds is 3. The van der Waals surface area contributed by atoms with Crippen LogP contribution >= 0.6 is 0 Å². The van der Waals surface area contributed by atoms with E-state index in [-0.39, 0.29) is 5.91 Å². The molecule has 1 aliphatic rings. The van der Waals surface area contributed by atoms with E-state index < -0.39 is 12.2 Å². The molecule has 0 saturated carbocycles. The van der Waals surface area contributed by atoms with Gasteiger partial charge in [-0.1, -0.05) is 24.3 Å². The number of nitrogens with zero attached hydrogens (tertiary/aromatic N) is 3. The van der Waals surface area contributed by atoms with Crippen LogP contribution in [0.2, 0.25) is 0 Å². The number of aryl methyl sites for hydroxylation is 3. The highest BCUT2D eigenvalue weighted by molar-refractivity contribution is 5.94. The van der Waals surface area contributed by atoms with Crippen molar-refractivity contribution in [3.05, 3.63) is 64.6 Å². The van der Waals surface area contributed by atoms with Crippen LogP contribution in [0, 0.1) is 13.8 Å². The Labute approximate surface area is 164 Å². The Balaban J connectivity index is 1.84. The van der Waals surface area contributed by atoms with E-state index in [9.17, 15) is 9.90 Å². The summed E-state index contributed by atoms with van der Waals surface area (Å²) in [6.07, 6.45) is 2.16. The number of aliphatic hydroxyl groups excluding tert-OH is 1. The molecule has 0 fully saturated rings. The summed E-state index contributed by atoms with van der Waals surface area (Å²) in [5, 5.41) is 10.6. The van der Waals surface area contributed by atoms with E-state index in [0.29, 0.717) is 23.4 Å². The molecule has 0 unspecified atom stereocenters. The number of amides is 1. The highest BCUT2D eigenvalue weighted by atomic mass is 16.5. The van der Waals surface area contributed by atoms with Crippen LogP contribution in [0.5, 0.6) is 5.75 Å². The van der Waals surface area contributed by atoms with Crippen molar-refractivity contribution in [2.45, 2.75) is 38.9 Å². The second-order valence-corrected chi connectivity index (χ2v) is 7.61. The number of aromatic nitrogens is 2. The molecule has 1 N–H and O–H groups in total. The van der Waals surface area contributed by atoms with Gasteiger partial charge in [-0.05, 0) is 43.9 Å². The molecule has 0 saturated heterocycles. The lowest BCUT2D eigenvalue weighted by Gasteiger charge is -2.31. The Morgan fingerprint density at radius 3 is 2.79 bits per heavy atom. The largest absolute Gasteiger partial charge is 0.479 e. The highest BCUT2D eigenvalue weighted by Gasteiger charge is 2.31. The van der Waals surface area contributed by atoms with E-state index in [4.69, 9.17) is 4.74 Å². The Hall–Kier alpha value is -2.86.